The topological polar surface area (TPSA) is 49.4 Å². The zero-order chi connectivity index (χ0) is 19.6. The first-order valence-electron chi connectivity index (χ1n) is 9.98. The van der Waals surface area contributed by atoms with Crippen molar-refractivity contribution in [3.8, 4) is 0 Å². The van der Waals surface area contributed by atoms with Crippen molar-refractivity contribution < 1.29 is 9.59 Å². The Morgan fingerprint density at radius 3 is 2.33 bits per heavy atom. The Labute approximate surface area is 172 Å². The maximum atomic E-state index is 13.3. The van der Waals surface area contributed by atoms with Crippen LogP contribution in [0.1, 0.15) is 69.9 Å². The van der Waals surface area contributed by atoms with Crippen LogP contribution >= 0.6 is 23.2 Å². The zero-order valence-electron chi connectivity index (χ0n) is 16.1. The predicted octanol–water partition coefficient (Wildman–Crippen LogP) is 5.09. The normalized spacial score (nSPS) is 16.4. The summed E-state index contributed by atoms with van der Waals surface area (Å²) in [4.78, 5) is 27.4. The molecule has 4 nitrogen and oxygen atoms in total. The van der Waals surface area contributed by atoms with Crippen LogP contribution in [0.3, 0.4) is 0 Å². The summed E-state index contributed by atoms with van der Waals surface area (Å²) in [7, 11) is 0. The van der Waals surface area contributed by atoms with Crippen molar-refractivity contribution in [3.63, 3.8) is 0 Å². The number of alkyl halides is 1. The van der Waals surface area contributed by atoms with Crippen LogP contribution in [0.15, 0.2) is 24.3 Å². The summed E-state index contributed by atoms with van der Waals surface area (Å²) in [6, 6.07) is 6.65. The summed E-state index contributed by atoms with van der Waals surface area (Å²) in [5, 5.41) is 3.80. The van der Waals surface area contributed by atoms with Gasteiger partial charge in [0.1, 0.15) is 11.9 Å². The van der Waals surface area contributed by atoms with Crippen molar-refractivity contribution in [2.45, 2.75) is 70.4 Å². The van der Waals surface area contributed by atoms with E-state index in [1.54, 1.807) is 17.0 Å². The van der Waals surface area contributed by atoms with E-state index in [9.17, 15) is 9.59 Å². The van der Waals surface area contributed by atoms with Gasteiger partial charge in [-0.05, 0) is 37.0 Å². The second-order valence-electron chi connectivity index (χ2n) is 7.23. The van der Waals surface area contributed by atoms with Crippen LogP contribution in [0.2, 0.25) is 5.02 Å². The van der Waals surface area contributed by atoms with Gasteiger partial charge >= 0.3 is 0 Å². The number of hydrogen-bond donors (Lipinski definition) is 1. The second kappa shape index (κ2) is 11.6. The van der Waals surface area contributed by atoms with Gasteiger partial charge in [0.25, 0.3) is 0 Å². The van der Waals surface area contributed by atoms with Crippen LogP contribution in [0.5, 0.6) is 0 Å². The van der Waals surface area contributed by atoms with Crippen LogP contribution in [0.25, 0.3) is 0 Å². The molecule has 150 valence electrons. The summed E-state index contributed by atoms with van der Waals surface area (Å²) >= 11 is 11.9. The molecule has 0 aliphatic heterocycles. The number of benzene rings is 1. The lowest BCUT2D eigenvalue weighted by atomic mass is 10.0. The Morgan fingerprint density at radius 1 is 1.15 bits per heavy atom. The second-order valence-corrected chi connectivity index (χ2v) is 7.93. The van der Waals surface area contributed by atoms with Crippen LogP contribution in [-0.2, 0) is 9.59 Å². The molecule has 0 spiro atoms. The third kappa shape index (κ3) is 6.69. The molecule has 1 aliphatic carbocycles. The molecule has 0 radical (unpaired) electrons. The van der Waals surface area contributed by atoms with Gasteiger partial charge in [0.15, 0.2) is 0 Å². The minimum absolute atomic E-state index is 0.126. The number of carbonyl (C=O) groups excluding carboxylic acids is 2. The van der Waals surface area contributed by atoms with E-state index < -0.39 is 6.04 Å². The van der Waals surface area contributed by atoms with E-state index in [1.807, 2.05) is 12.1 Å². The first-order valence-corrected chi connectivity index (χ1v) is 10.9. The van der Waals surface area contributed by atoms with E-state index in [0.717, 1.165) is 44.1 Å². The fourth-order valence-electron chi connectivity index (χ4n) is 3.62. The smallest absolute Gasteiger partial charge is 0.247 e. The molecular formula is C21H30Cl2N2O2. The highest BCUT2D eigenvalue weighted by atomic mass is 35.5. The molecule has 1 fully saturated rings. The fraction of sp³-hybridized carbons (Fsp3) is 0.619. The molecule has 1 atom stereocenters. The van der Waals surface area contributed by atoms with E-state index in [1.165, 1.54) is 12.8 Å². The monoisotopic (exact) mass is 412 g/mol. The molecule has 27 heavy (non-hydrogen) atoms. The van der Waals surface area contributed by atoms with Crippen LogP contribution in [-0.4, -0.2) is 35.2 Å². The predicted molar refractivity (Wildman–Crippen MR) is 111 cm³/mol. The summed E-state index contributed by atoms with van der Waals surface area (Å²) in [5.41, 5.74) is 0.764. The average molecular weight is 413 g/mol. The molecule has 1 N–H and O–H groups in total. The third-order valence-electron chi connectivity index (χ3n) is 5.13. The summed E-state index contributed by atoms with van der Waals surface area (Å²) in [5.74, 6) is -0.482. The first kappa shape index (κ1) is 22.0. The van der Waals surface area contributed by atoms with E-state index in [-0.39, 0.29) is 23.7 Å². The van der Waals surface area contributed by atoms with Crippen molar-refractivity contribution in [1.29, 1.82) is 0 Å². The van der Waals surface area contributed by atoms with Crippen molar-refractivity contribution in [3.05, 3.63) is 34.9 Å². The molecule has 1 aromatic carbocycles. The number of carbonyl (C=O) groups is 2. The number of hydrogen-bond acceptors (Lipinski definition) is 2. The molecule has 2 amide bonds. The number of amides is 2. The standard InChI is InChI=1S/C21H30Cl2N2O2/c1-2-3-14-25(19(26)15-22)20(16-10-12-17(23)13-11-16)21(27)24-18-8-6-4-5-7-9-18/h10-13,18,20H,2-9,14-15H2,1H3,(H,24,27). The number of rotatable bonds is 8. The summed E-state index contributed by atoms with van der Waals surface area (Å²) in [6.07, 6.45) is 8.47. The highest BCUT2D eigenvalue weighted by Crippen LogP contribution is 2.26. The van der Waals surface area contributed by atoms with Gasteiger partial charge in [0.2, 0.25) is 11.8 Å². The molecule has 0 heterocycles. The molecule has 6 heteroatoms. The number of unbranched alkanes of at least 4 members (excludes halogenated alkanes) is 1. The Hall–Kier alpha value is -1.26. The van der Waals surface area contributed by atoms with Gasteiger partial charge < -0.3 is 10.2 Å². The van der Waals surface area contributed by atoms with Crippen LogP contribution in [0, 0.1) is 0 Å². The third-order valence-corrected chi connectivity index (χ3v) is 5.62. The minimum atomic E-state index is -0.677. The van der Waals surface area contributed by atoms with Crippen molar-refractivity contribution in [1.82, 2.24) is 10.2 Å². The van der Waals surface area contributed by atoms with Crippen molar-refractivity contribution in [2.75, 3.05) is 12.4 Å². The van der Waals surface area contributed by atoms with Crippen molar-refractivity contribution >= 4 is 35.0 Å². The highest BCUT2D eigenvalue weighted by molar-refractivity contribution is 6.30. The van der Waals surface area contributed by atoms with Gasteiger partial charge in [-0.15, -0.1) is 11.6 Å². The SMILES string of the molecule is CCCCN(C(=O)CCl)C(C(=O)NC1CCCCCC1)c1ccc(Cl)cc1. The highest BCUT2D eigenvalue weighted by Gasteiger charge is 2.32. The van der Waals surface area contributed by atoms with Gasteiger partial charge in [-0.3, -0.25) is 9.59 Å². The number of nitrogens with one attached hydrogen (secondary N) is 1. The molecule has 1 saturated carbocycles. The Bertz CT molecular complexity index is 599. The van der Waals surface area contributed by atoms with E-state index in [0.29, 0.717) is 11.6 Å². The lowest BCUT2D eigenvalue weighted by Crippen LogP contribution is -2.47. The van der Waals surface area contributed by atoms with Gasteiger partial charge in [0.05, 0.1) is 0 Å². The first-order chi connectivity index (χ1) is 13.1. The number of nitrogens with zero attached hydrogens (tertiary/aromatic N) is 1. The Kier molecular flexibility index (Phi) is 9.43. The molecular weight excluding hydrogens is 383 g/mol. The Morgan fingerprint density at radius 2 is 1.78 bits per heavy atom. The summed E-state index contributed by atoms with van der Waals surface area (Å²) in [6.45, 7) is 2.57. The van der Waals surface area contributed by atoms with Gasteiger partial charge in [-0.25, -0.2) is 0 Å². The zero-order valence-corrected chi connectivity index (χ0v) is 17.6. The molecule has 2 rings (SSSR count). The van der Waals surface area contributed by atoms with Crippen LogP contribution in [0.4, 0.5) is 0 Å². The lowest BCUT2D eigenvalue weighted by Gasteiger charge is -2.32. The average Bonchev–Trinajstić information content (AvgIpc) is 2.94. The number of halogens is 2. The lowest BCUT2D eigenvalue weighted by molar-refractivity contribution is -0.139. The molecule has 1 aliphatic rings. The largest absolute Gasteiger partial charge is 0.351 e. The van der Waals surface area contributed by atoms with E-state index >= 15 is 0 Å². The van der Waals surface area contributed by atoms with Crippen LogP contribution < -0.4 is 5.32 Å². The maximum Gasteiger partial charge on any atom is 0.247 e. The quantitative estimate of drug-likeness (QED) is 0.477. The van der Waals surface area contributed by atoms with E-state index in [2.05, 4.69) is 12.2 Å². The fourth-order valence-corrected chi connectivity index (χ4v) is 3.90. The van der Waals surface area contributed by atoms with Crippen molar-refractivity contribution in [2.24, 2.45) is 0 Å². The van der Waals surface area contributed by atoms with Gasteiger partial charge in [-0.1, -0.05) is 62.8 Å². The van der Waals surface area contributed by atoms with E-state index in [4.69, 9.17) is 23.2 Å². The molecule has 1 aromatic rings. The summed E-state index contributed by atoms with van der Waals surface area (Å²) < 4.78 is 0. The van der Waals surface area contributed by atoms with Gasteiger partial charge in [0, 0.05) is 17.6 Å². The van der Waals surface area contributed by atoms with Gasteiger partial charge in [-0.2, -0.15) is 0 Å². The molecule has 0 saturated heterocycles. The molecule has 0 aromatic heterocycles. The maximum absolute atomic E-state index is 13.3. The minimum Gasteiger partial charge on any atom is -0.351 e. The Balaban J connectivity index is 2.27. The molecule has 1 unspecified atom stereocenters. The molecule has 0 bridgehead atoms.